The molecule has 0 amide bonds. The Morgan fingerprint density at radius 2 is 1.86 bits per heavy atom. The fourth-order valence-electron chi connectivity index (χ4n) is 2.53. The fourth-order valence-corrected chi connectivity index (χ4v) is 2.53. The van der Waals surface area contributed by atoms with Crippen molar-refractivity contribution >= 4 is 0 Å². The summed E-state index contributed by atoms with van der Waals surface area (Å²) in [5.41, 5.74) is 2.69. The lowest BCUT2D eigenvalue weighted by atomic mass is 10.0. The summed E-state index contributed by atoms with van der Waals surface area (Å²) >= 11 is 0. The molecule has 2 aromatic rings. The zero-order valence-corrected chi connectivity index (χ0v) is 13.1. The van der Waals surface area contributed by atoms with Gasteiger partial charge in [0.1, 0.15) is 0 Å². The molecule has 0 radical (unpaired) electrons. The molecule has 1 unspecified atom stereocenters. The number of nitrogens with one attached hydrogen (secondary N) is 1. The summed E-state index contributed by atoms with van der Waals surface area (Å²) in [7, 11) is 1.97. The predicted molar refractivity (Wildman–Crippen MR) is 86.2 cm³/mol. The number of nitrogens with zero attached hydrogens (tertiary/aromatic N) is 3. The highest BCUT2D eigenvalue weighted by Crippen LogP contribution is 2.10. The van der Waals surface area contributed by atoms with Crippen LogP contribution in [0, 0.1) is 0 Å². The molecule has 21 heavy (non-hydrogen) atoms. The topological polar surface area (TPSA) is 42.7 Å². The van der Waals surface area contributed by atoms with Crippen molar-refractivity contribution in [1.82, 2.24) is 20.1 Å². The van der Waals surface area contributed by atoms with Gasteiger partial charge in [-0.25, -0.2) is 0 Å². The van der Waals surface area contributed by atoms with Gasteiger partial charge >= 0.3 is 0 Å². The average molecular weight is 286 g/mol. The quantitative estimate of drug-likeness (QED) is 0.771. The van der Waals surface area contributed by atoms with Gasteiger partial charge in [0.05, 0.1) is 6.20 Å². The van der Waals surface area contributed by atoms with Crippen LogP contribution in [0.1, 0.15) is 37.3 Å². The van der Waals surface area contributed by atoms with E-state index in [4.69, 9.17) is 0 Å². The Morgan fingerprint density at radius 3 is 2.48 bits per heavy atom. The highest BCUT2D eigenvalue weighted by molar-refractivity contribution is 5.10. The number of aryl methyl sites for hydroxylation is 3. The van der Waals surface area contributed by atoms with Gasteiger partial charge in [0.2, 0.25) is 0 Å². The third kappa shape index (κ3) is 5.68. The summed E-state index contributed by atoms with van der Waals surface area (Å²) in [5.74, 6) is 0. The summed E-state index contributed by atoms with van der Waals surface area (Å²) in [6.45, 7) is 3.31. The normalized spacial score (nSPS) is 12.5. The minimum Gasteiger partial charge on any atom is -0.314 e. The Balaban J connectivity index is 1.82. The number of hydrogen-bond acceptors (Lipinski definition) is 3. The van der Waals surface area contributed by atoms with Gasteiger partial charge in [-0.05, 0) is 61.9 Å². The molecule has 0 spiro atoms. The van der Waals surface area contributed by atoms with Gasteiger partial charge in [-0.3, -0.25) is 9.67 Å². The van der Waals surface area contributed by atoms with Crippen molar-refractivity contribution in [2.24, 2.45) is 7.05 Å². The van der Waals surface area contributed by atoms with Crippen molar-refractivity contribution in [2.75, 3.05) is 6.54 Å². The molecule has 0 aliphatic heterocycles. The van der Waals surface area contributed by atoms with Gasteiger partial charge in [0.25, 0.3) is 0 Å². The Hall–Kier alpha value is -1.68. The zero-order valence-electron chi connectivity index (χ0n) is 13.1. The Morgan fingerprint density at radius 1 is 1.14 bits per heavy atom. The largest absolute Gasteiger partial charge is 0.314 e. The van der Waals surface area contributed by atoms with Crippen LogP contribution in [0.15, 0.2) is 36.9 Å². The summed E-state index contributed by atoms with van der Waals surface area (Å²) in [5, 5.41) is 7.91. The molecule has 2 heterocycles. The van der Waals surface area contributed by atoms with Crippen LogP contribution in [-0.4, -0.2) is 27.4 Å². The molecule has 0 aliphatic carbocycles. The van der Waals surface area contributed by atoms with Crippen LogP contribution in [0.3, 0.4) is 0 Å². The molecule has 0 saturated carbocycles. The van der Waals surface area contributed by atoms with E-state index in [0.29, 0.717) is 6.04 Å². The lowest BCUT2D eigenvalue weighted by Gasteiger charge is -2.18. The monoisotopic (exact) mass is 286 g/mol. The van der Waals surface area contributed by atoms with E-state index in [9.17, 15) is 0 Å². The number of hydrogen-bond donors (Lipinski definition) is 1. The van der Waals surface area contributed by atoms with Crippen LogP contribution in [0.25, 0.3) is 0 Å². The molecule has 1 atom stereocenters. The molecule has 4 heteroatoms. The van der Waals surface area contributed by atoms with Crippen LogP contribution >= 0.6 is 0 Å². The van der Waals surface area contributed by atoms with Gasteiger partial charge in [0.15, 0.2) is 0 Å². The second kappa shape index (κ2) is 8.57. The molecule has 0 saturated heterocycles. The first-order valence-electron chi connectivity index (χ1n) is 7.87. The maximum atomic E-state index is 4.24. The molecule has 2 rings (SSSR count). The standard InChI is InChI=1S/C17H26N4/c1-3-10-19-17(6-4-15-8-11-18-12-9-15)7-5-16-13-20-21(2)14-16/h8-9,11-14,17,19H,3-7,10H2,1-2H3. The molecule has 1 N–H and O–H groups in total. The summed E-state index contributed by atoms with van der Waals surface area (Å²) in [6.07, 6.45) is 13.5. The van der Waals surface area contributed by atoms with Crippen LogP contribution < -0.4 is 5.32 Å². The highest BCUT2D eigenvalue weighted by Gasteiger charge is 2.09. The molecule has 0 aliphatic rings. The SMILES string of the molecule is CCCNC(CCc1ccncc1)CCc1cnn(C)c1. The molecule has 114 valence electrons. The van der Waals surface area contributed by atoms with Crippen LogP contribution in [0.2, 0.25) is 0 Å². The molecular formula is C17H26N4. The van der Waals surface area contributed by atoms with Crippen molar-refractivity contribution in [2.45, 2.75) is 45.1 Å². The predicted octanol–water partition coefficient (Wildman–Crippen LogP) is 2.75. The summed E-state index contributed by atoms with van der Waals surface area (Å²) in [4.78, 5) is 4.08. The molecule has 0 aromatic carbocycles. The minimum absolute atomic E-state index is 0.568. The fraction of sp³-hybridized carbons (Fsp3) is 0.529. The van der Waals surface area contributed by atoms with E-state index in [-0.39, 0.29) is 0 Å². The lowest BCUT2D eigenvalue weighted by Crippen LogP contribution is -2.30. The number of pyridine rings is 1. The maximum absolute atomic E-state index is 4.24. The van der Waals surface area contributed by atoms with Crippen molar-refractivity contribution in [3.63, 3.8) is 0 Å². The molecule has 0 bridgehead atoms. The van der Waals surface area contributed by atoms with E-state index in [1.807, 2.05) is 30.3 Å². The second-order valence-electron chi connectivity index (χ2n) is 5.61. The van der Waals surface area contributed by atoms with Gasteiger partial charge < -0.3 is 5.32 Å². The van der Waals surface area contributed by atoms with Gasteiger partial charge in [-0.2, -0.15) is 5.10 Å². The number of aromatic nitrogens is 3. The summed E-state index contributed by atoms with van der Waals surface area (Å²) in [6, 6.07) is 4.79. The third-order valence-corrected chi connectivity index (χ3v) is 3.75. The smallest absolute Gasteiger partial charge is 0.0521 e. The molecule has 4 nitrogen and oxygen atoms in total. The van der Waals surface area contributed by atoms with E-state index in [1.165, 1.54) is 24.0 Å². The first-order valence-corrected chi connectivity index (χ1v) is 7.87. The molecular weight excluding hydrogens is 260 g/mol. The van der Waals surface area contributed by atoms with E-state index in [2.05, 4.69) is 40.7 Å². The van der Waals surface area contributed by atoms with Crippen molar-refractivity contribution in [1.29, 1.82) is 0 Å². The van der Waals surface area contributed by atoms with Gasteiger partial charge in [-0.1, -0.05) is 6.92 Å². The third-order valence-electron chi connectivity index (χ3n) is 3.75. The highest BCUT2D eigenvalue weighted by atomic mass is 15.2. The molecule has 2 aromatic heterocycles. The van der Waals surface area contributed by atoms with Crippen molar-refractivity contribution in [3.05, 3.63) is 48.0 Å². The van der Waals surface area contributed by atoms with E-state index in [0.717, 1.165) is 25.8 Å². The first kappa shape index (κ1) is 15.7. The number of rotatable bonds is 9. The van der Waals surface area contributed by atoms with Gasteiger partial charge in [-0.15, -0.1) is 0 Å². The minimum atomic E-state index is 0.568. The Labute approximate surface area is 127 Å². The van der Waals surface area contributed by atoms with Gasteiger partial charge in [0, 0.05) is 31.7 Å². The Kier molecular flexibility index (Phi) is 6.41. The first-order chi connectivity index (χ1) is 10.3. The van der Waals surface area contributed by atoms with E-state index >= 15 is 0 Å². The summed E-state index contributed by atoms with van der Waals surface area (Å²) < 4.78 is 1.88. The average Bonchev–Trinajstić information content (AvgIpc) is 2.93. The van der Waals surface area contributed by atoms with E-state index < -0.39 is 0 Å². The maximum Gasteiger partial charge on any atom is 0.0521 e. The van der Waals surface area contributed by atoms with Crippen LogP contribution in [-0.2, 0) is 19.9 Å². The Bertz CT molecular complexity index is 507. The van der Waals surface area contributed by atoms with Crippen LogP contribution in [0.4, 0.5) is 0 Å². The molecule has 0 fully saturated rings. The zero-order chi connectivity index (χ0) is 14.9. The second-order valence-corrected chi connectivity index (χ2v) is 5.61. The van der Waals surface area contributed by atoms with E-state index in [1.54, 1.807) is 0 Å². The van der Waals surface area contributed by atoms with Crippen LogP contribution in [0.5, 0.6) is 0 Å². The lowest BCUT2D eigenvalue weighted by molar-refractivity contribution is 0.453. The van der Waals surface area contributed by atoms with Crippen molar-refractivity contribution in [3.8, 4) is 0 Å². The van der Waals surface area contributed by atoms with Crippen molar-refractivity contribution < 1.29 is 0 Å².